The molecule has 0 spiro atoms. The number of amides is 2. The van der Waals surface area contributed by atoms with Crippen molar-refractivity contribution in [2.75, 3.05) is 27.2 Å². The Morgan fingerprint density at radius 1 is 1.47 bits per heavy atom. The fourth-order valence-corrected chi connectivity index (χ4v) is 1.37. The number of aromatic nitrogens is 1. The van der Waals surface area contributed by atoms with Crippen molar-refractivity contribution in [1.82, 2.24) is 15.2 Å². The Morgan fingerprint density at radius 2 is 2.21 bits per heavy atom. The highest BCUT2D eigenvalue weighted by molar-refractivity contribution is 5.96. The molecule has 0 radical (unpaired) electrons. The van der Waals surface area contributed by atoms with Gasteiger partial charge in [0.05, 0.1) is 18.7 Å². The SMILES string of the molecule is CNC(=O)CN(C)C(=O)c1cncc(C#CCN)c1. The lowest BCUT2D eigenvalue weighted by Crippen LogP contribution is -2.36. The van der Waals surface area contributed by atoms with Crippen molar-refractivity contribution in [1.29, 1.82) is 0 Å². The Balaban J connectivity index is 2.84. The molecular weight excluding hydrogens is 244 g/mol. The van der Waals surface area contributed by atoms with Crippen LogP contribution in [0.15, 0.2) is 18.5 Å². The molecule has 1 aromatic heterocycles. The Labute approximate surface area is 112 Å². The molecule has 0 bridgehead atoms. The van der Waals surface area contributed by atoms with E-state index in [2.05, 4.69) is 22.1 Å². The molecular formula is C13H16N4O2. The van der Waals surface area contributed by atoms with Gasteiger partial charge in [-0.25, -0.2) is 0 Å². The normalized spacial score (nSPS) is 9.21. The molecule has 0 aliphatic heterocycles. The molecule has 6 nitrogen and oxygen atoms in total. The third-order valence-electron chi connectivity index (χ3n) is 2.33. The van der Waals surface area contributed by atoms with Crippen molar-refractivity contribution >= 4 is 11.8 Å². The average molecular weight is 260 g/mol. The lowest BCUT2D eigenvalue weighted by molar-refractivity contribution is -0.121. The molecule has 100 valence electrons. The zero-order valence-electron chi connectivity index (χ0n) is 10.9. The number of nitrogens with zero attached hydrogens (tertiary/aromatic N) is 2. The van der Waals surface area contributed by atoms with Crippen molar-refractivity contribution in [3.05, 3.63) is 29.6 Å². The lowest BCUT2D eigenvalue weighted by Gasteiger charge is -2.15. The summed E-state index contributed by atoms with van der Waals surface area (Å²) < 4.78 is 0. The largest absolute Gasteiger partial charge is 0.358 e. The van der Waals surface area contributed by atoms with Gasteiger partial charge < -0.3 is 16.0 Å². The molecule has 0 aliphatic rings. The van der Waals surface area contributed by atoms with Gasteiger partial charge in [0.1, 0.15) is 0 Å². The first-order chi connectivity index (χ1) is 9.08. The van der Waals surface area contributed by atoms with E-state index in [9.17, 15) is 9.59 Å². The van der Waals surface area contributed by atoms with E-state index in [4.69, 9.17) is 5.73 Å². The summed E-state index contributed by atoms with van der Waals surface area (Å²) >= 11 is 0. The number of carbonyl (C=O) groups excluding carboxylic acids is 2. The average Bonchev–Trinajstić information content (AvgIpc) is 2.44. The van der Waals surface area contributed by atoms with Gasteiger partial charge in [-0.1, -0.05) is 11.8 Å². The summed E-state index contributed by atoms with van der Waals surface area (Å²) in [5.41, 5.74) is 6.28. The van der Waals surface area contributed by atoms with Crippen molar-refractivity contribution < 1.29 is 9.59 Å². The number of carbonyl (C=O) groups is 2. The molecule has 1 aromatic rings. The first kappa shape index (κ1) is 14.7. The van der Waals surface area contributed by atoms with Crippen molar-refractivity contribution in [3.63, 3.8) is 0 Å². The molecule has 1 rings (SSSR count). The van der Waals surface area contributed by atoms with Gasteiger partial charge in [0.15, 0.2) is 0 Å². The lowest BCUT2D eigenvalue weighted by atomic mass is 10.2. The van der Waals surface area contributed by atoms with Gasteiger partial charge in [-0.05, 0) is 6.07 Å². The van der Waals surface area contributed by atoms with Gasteiger partial charge >= 0.3 is 0 Å². The van der Waals surface area contributed by atoms with Crippen LogP contribution in [-0.2, 0) is 4.79 Å². The highest BCUT2D eigenvalue weighted by atomic mass is 16.2. The number of rotatable bonds is 3. The molecule has 0 saturated heterocycles. The van der Waals surface area contributed by atoms with Crippen LogP contribution in [0.3, 0.4) is 0 Å². The molecule has 3 N–H and O–H groups in total. The van der Waals surface area contributed by atoms with Crippen LogP contribution in [0.1, 0.15) is 15.9 Å². The van der Waals surface area contributed by atoms with Crippen molar-refractivity contribution in [3.8, 4) is 11.8 Å². The summed E-state index contributed by atoms with van der Waals surface area (Å²) in [6, 6.07) is 1.62. The van der Waals surface area contributed by atoms with Crippen molar-refractivity contribution in [2.45, 2.75) is 0 Å². The van der Waals surface area contributed by atoms with E-state index in [0.29, 0.717) is 11.1 Å². The Kier molecular flexibility index (Phi) is 5.51. The molecule has 0 aliphatic carbocycles. The standard InChI is InChI=1S/C13H16N4O2/c1-15-12(18)9-17(2)13(19)11-6-10(4-3-5-14)7-16-8-11/h6-8H,5,9,14H2,1-2H3,(H,15,18). The molecule has 0 saturated carbocycles. The zero-order valence-corrected chi connectivity index (χ0v) is 10.9. The van der Waals surface area contributed by atoms with Gasteiger partial charge in [0.2, 0.25) is 5.91 Å². The minimum absolute atomic E-state index is 0.00591. The molecule has 0 unspecified atom stereocenters. The van der Waals surface area contributed by atoms with E-state index >= 15 is 0 Å². The first-order valence-electron chi connectivity index (χ1n) is 5.68. The Hall–Kier alpha value is -2.39. The van der Waals surface area contributed by atoms with Crippen LogP contribution in [0.4, 0.5) is 0 Å². The van der Waals surface area contributed by atoms with Gasteiger partial charge in [0.25, 0.3) is 5.91 Å². The number of hydrogen-bond donors (Lipinski definition) is 2. The minimum atomic E-state index is -0.285. The smallest absolute Gasteiger partial charge is 0.255 e. The third kappa shape index (κ3) is 4.41. The second kappa shape index (κ2) is 7.13. The van der Waals surface area contributed by atoms with Crippen LogP contribution >= 0.6 is 0 Å². The van der Waals surface area contributed by atoms with Crippen LogP contribution in [0, 0.1) is 11.8 Å². The topological polar surface area (TPSA) is 88.3 Å². The first-order valence-corrected chi connectivity index (χ1v) is 5.68. The molecule has 1 heterocycles. The summed E-state index contributed by atoms with van der Waals surface area (Å²) in [6.45, 7) is 0.239. The van der Waals surface area contributed by atoms with Gasteiger partial charge in [-0.3, -0.25) is 14.6 Å². The van der Waals surface area contributed by atoms with Crippen LogP contribution in [0.2, 0.25) is 0 Å². The Bertz CT molecular complexity index is 531. The molecule has 0 atom stereocenters. The molecule has 2 amide bonds. The maximum absolute atomic E-state index is 12.1. The van der Waals surface area contributed by atoms with E-state index < -0.39 is 0 Å². The summed E-state index contributed by atoms with van der Waals surface area (Å²) in [4.78, 5) is 28.5. The summed E-state index contributed by atoms with van der Waals surface area (Å²) in [7, 11) is 3.07. The summed E-state index contributed by atoms with van der Waals surface area (Å²) in [5, 5.41) is 2.46. The molecule has 19 heavy (non-hydrogen) atoms. The predicted molar refractivity (Wildman–Crippen MR) is 71.2 cm³/mol. The quantitative estimate of drug-likeness (QED) is 0.697. The highest BCUT2D eigenvalue weighted by Crippen LogP contribution is 2.04. The van der Waals surface area contributed by atoms with Crippen molar-refractivity contribution in [2.24, 2.45) is 5.73 Å². The fourth-order valence-electron chi connectivity index (χ4n) is 1.37. The predicted octanol–water partition coefficient (Wildman–Crippen LogP) is -0.790. The van der Waals surface area contributed by atoms with E-state index in [1.807, 2.05) is 0 Å². The molecule has 0 aromatic carbocycles. The van der Waals surface area contributed by atoms with E-state index in [0.717, 1.165) is 0 Å². The highest BCUT2D eigenvalue weighted by Gasteiger charge is 2.14. The fraction of sp³-hybridized carbons (Fsp3) is 0.308. The maximum Gasteiger partial charge on any atom is 0.255 e. The second-order valence-corrected chi connectivity index (χ2v) is 3.80. The molecule has 6 heteroatoms. The zero-order chi connectivity index (χ0) is 14.3. The van der Waals surface area contributed by atoms with E-state index in [1.54, 1.807) is 19.3 Å². The van der Waals surface area contributed by atoms with Crippen LogP contribution in [0.5, 0.6) is 0 Å². The third-order valence-corrected chi connectivity index (χ3v) is 2.33. The monoisotopic (exact) mass is 260 g/mol. The van der Waals surface area contributed by atoms with E-state index in [-0.39, 0.29) is 24.9 Å². The number of nitrogens with one attached hydrogen (secondary N) is 1. The second-order valence-electron chi connectivity index (χ2n) is 3.80. The number of nitrogens with two attached hydrogens (primary N) is 1. The molecule has 0 fully saturated rings. The van der Waals surface area contributed by atoms with Crippen LogP contribution in [-0.4, -0.2) is 48.9 Å². The van der Waals surface area contributed by atoms with Crippen LogP contribution in [0.25, 0.3) is 0 Å². The summed E-state index contributed by atoms with van der Waals surface area (Å²) in [5.74, 6) is 4.97. The van der Waals surface area contributed by atoms with Crippen LogP contribution < -0.4 is 11.1 Å². The maximum atomic E-state index is 12.1. The number of pyridine rings is 1. The summed E-state index contributed by atoms with van der Waals surface area (Å²) in [6.07, 6.45) is 2.99. The Morgan fingerprint density at radius 3 is 2.84 bits per heavy atom. The number of likely N-dealkylation sites (N-methyl/N-ethyl adjacent to an activating group) is 2. The number of hydrogen-bond acceptors (Lipinski definition) is 4. The van der Waals surface area contributed by atoms with Gasteiger partial charge in [0, 0.05) is 32.1 Å². The van der Waals surface area contributed by atoms with Gasteiger partial charge in [-0.15, -0.1) is 0 Å². The van der Waals surface area contributed by atoms with Gasteiger partial charge in [-0.2, -0.15) is 0 Å². The van der Waals surface area contributed by atoms with E-state index in [1.165, 1.54) is 18.1 Å². The minimum Gasteiger partial charge on any atom is -0.358 e.